The molecule has 19 heavy (non-hydrogen) atoms. The van der Waals surface area contributed by atoms with Gasteiger partial charge in [0.15, 0.2) is 0 Å². The monoisotopic (exact) mass is 344 g/mol. The molecule has 1 aromatic heterocycles. The predicted octanol–water partition coefficient (Wildman–Crippen LogP) is 4.52. The van der Waals surface area contributed by atoms with E-state index in [2.05, 4.69) is 21.2 Å². The first-order chi connectivity index (χ1) is 8.99. The third-order valence-electron chi connectivity index (χ3n) is 2.62. The summed E-state index contributed by atoms with van der Waals surface area (Å²) in [5.41, 5.74) is 1.39. The van der Waals surface area contributed by atoms with Crippen molar-refractivity contribution in [3.8, 4) is 0 Å². The van der Waals surface area contributed by atoms with Crippen molar-refractivity contribution in [2.45, 2.75) is 13.5 Å². The Morgan fingerprint density at radius 1 is 1.53 bits per heavy atom. The first-order valence-electron chi connectivity index (χ1n) is 5.39. The van der Waals surface area contributed by atoms with Crippen LogP contribution in [0.5, 0.6) is 0 Å². The van der Waals surface area contributed by atoms with E-state index in [1.54, 1.807) is 25.3 Å². The highest BCUT2D eigenvalue weighted by atomic mass is 79.9. The third-order valence-corrected chi connectivity index (χ3v) is 3.63. The zero-order valence-electron chi connectivity index (χ0n) is 9.94. The fraction of sp³-hybridized carbons (Fsp3) is 0.167. The standard InChI is InChI=1S/C12H10BrClN2O3/c1-7-4-11(16(17)18)9(14)5-10(7)15-6-12-8(13)2-3-19-12/h2-5,15H,6H2,1H3. The number of rotatable bonds is 4. The lowest BCUT2D eigenvalue weighted by Crippen LogP contribution is -2.01. The van der Waals surface area contributed by atoms with Gasteiger partial charge < -0.3 is 9.73 Å². The summed E-state index contributed by atoms with van der Waals surface area (Å²) in [6.07, 6.45) is 1.58. The van der Waals surface area contributed by atoms with Gasteiger partial charge >= 0.3 is 0 Å². The van der Waals surface area contributed by atoms with Gasteiger partial charge in [-0.25, -0.2) is 0 Å². The summed E-state index contributed by atoms with van der Waals surface area (Å²) in [6, 6.07) is 4.79. The summed E-state index contributed by atoms with van der Waals surface area (Å²) in [5.74, 6) is 0.744. The van der Waals surface area contributed by atoms with Crippen LogP contribution in [0, 0.1) is 17.0 Å². The molecule has 0 radical (unpaired) electrons. The van der Waals surface area contributed by atoms with Crippen molar-refractivity contribution in [2.24, 2.45) is 0 Å². The second-order valence-corrected chi connectivity index (χ2v) is 5.18. The number of aryl methyl sites for hydroxylation is 1. The molecule has 0 aliphatic rings. The van der Waals surface area contributed by atoms with Crippen molar-refractivity contribution in [3.05, 3.63) is 55.4 Å². The van der Waals surface area contributed by atoms with E-state index in [-0.39, 0.29) is 10.7 Å². The second-order valence-electron chi connectivity index (χ2n) is 3.92. The van der Waals surface area contributed by atoms with Crippen LogP contribution < -0.4 is 5.32 Å². The molecule has 1 N–H and O–H groups in total. The number of nitro benzene ring substituents is 1. The molecule has 2 aromatic rings. The molecule has 0 spiro atoms. The Hall–Kier alpha value is -1.53. The summed E-state index contributed by atoms with van der Waals surface area (Å²) in [5, 5.41) is 14.0. The van der Waals surface area contributed by atoms with E-state index in [0.29, 0.717) is 6.54 Å². The van der Waals surface area contributed by atoms with E-state index < -0.39 is 4.92 Å². The molecule has 0 aliphatic carbocycles. The number of nitrogens with zero attached hydrogens (tertiary/aromatic N) is 1. The Balaban J connectivity index is 2.20. The molecule has 7 heteroatoms. The van der Waals surface area contributed by atoms with Crippen molar-refractivity contribution >= 4 is 38.9 Å². The lowest BCUT2D eigenvalue weighted by molar-refractivity contribution is -0.384. The van der Waals surface area contributed by atoms with Gasteiger partial charge in [-0.15, -0.1) is 0 Å². The largest absolute Gasteiger partial charge is 0.466 e. The van der Waals surface area contributed by atoms with Gasteiger partial charge in [-0.2, -0.15) is 0 Å². The van der Waals surface area contributed by atoms with E-state index in [0.717, 1.165) is 21.5 Å². The minimum Gasteiger partial charge on any atom is -0.466 e. The molecule has 1 aromatic carbocycles. The van der Waals surface area contributed by atoms with Gasteiger partial charge in [0.25, 0.3) is 5.69 Å². The molecule has 0 saturated carbocycles. The molecule has 5 nitrogen and oxygen atoms in total. The van der Waals surface area contributed by atoms with Crippen LogP contribution in [0.4, 0.5) is 11.4 Å². The van der Waals surface area contributed by atoms with E-state index in [1.165, 1.54) is 6.07 Å². The molecule has 100 valence electrons. The predicted molar refractivity (Wildman–Crippen MR) is 76.6 cm³/mol. The van der Waals surface area contributed by atoms with Gasteiger partial charge in [0, 0.05) is 11.8 Å². The highest BCUT2D eigenvalue weighted by Crippen LogP contribution is 2.31. The zero-order valence-corrected chi connectivity index (χ0v) is 12.3. The molecule has 0 bridgehead atoms. The fourth-order valence-corrected chi connectivity index (χ4v) is 2.20. The molecule has 0 fully saturated rings. The Morgan fingerprint density at radius 2 is 2.26 bits per heavy atom. The Morgan fingerprint density at radius 3 is 2.84 bits per heavy atom. The van der Waals surface area contributed by atoms with Crippen LogP contribution in [0.2, 0.25) is 5.02 Å². The molecular weight excluding hydrogens is 335 g/mol. The smallest absolute Gasteiger partial charge is 0.288 e. The van der Waals surface area contributed by atoms with Crippen molar-refractivity contribution in [3.63, 3.8) is 0 Å². The molecule has 0 unspecified atom stereocenters. The molecule has 0 atom stereocenters. The maximum atomic E-state index is 10.8. The average Bonchev–Trinajstić information content (AvgIpc) is 2.75. The van der Waals surface area contributed by atoms with Gasteiger partial charge in [-0.05, 0) is 40.5 Å². The number of nitro groups is 1. The quantitative estimate of drug-likeness (QED) is 0.653. The second kappa shape index (κ2) is 5.63. The van der Waals surface area contributed by atoms with Crippen LogP contribution in [-0.4, -0.2) is 4.92 Å². The molecule has 0 aliphatic heterocycles. The first kappa shape index (κ1) is 13.9. The highest BCUT2D eigenvalue weighted by Gasteiger charge is 2.15. The number of halogens is 2. The van der Waals surface area contributed by atoms with Crippen LogP contribution in [-0.2, 0) is 6.54 Å². The van der Waals surface area contributed by atoms with Gasteiger partial charge in [0.2, 0.25) is 0 Å². The number of hydrogen-bond acceptors (Lipinski definition) is 4. The van der Waals surface area contributed by atoms with Crippen molar-refractivity contribution < 1.29 is 9.34 Å². The number of furan rings is 1. The van der Waals surface area contributed by atoms with Crippen LogP contribution in [0.3, 0.4) is 0 Å². The molecular formula is C12H10BrClN2O3. The maximum Gasteiger partial charge on any atom is 0.288 e. The Bertz CT molecular complexity index is 627. The minimum absolute atomic E-state index is 0.0936. The van der Waals surface area contributed by atoms with Crippen LogP contribution in [0.15, 0.2) is 33.4 Å². The number of nitrogens with one attached hydrogen (secondary N) is 1. The first-order valence-corrected chi connectivity index (χ1v) is 6.56. The SMILES string of the molecule is Cc1cc([N+](=O)[O-])c(Cl)cc1NCc1occc1Br. The average molecular weight is 346 g/mol. The van der Waals surface area contributed by atoms with Crippen LogP contribution >= 0.6 is 27.5 Å². The fourth-order valence-electron chi connectivity index (χ4n) is 1.62. The molecule has 2 rings (SSSR count). The van der Waals surface area contributed by atoms with Gasteiger partial charge in [-0.1, -0.05) is 11.6 Å². The van der Waals surface area contributed by atoms with Crippen molar-refractivity contribution in [1.29, 1.82) is 0 Å². The zero-order chi connectivity index (χ0) is 14.0. The van der Waals surface area contributed by atoms with Gasteiger partial charge in [0.1, 0.15) is 10.8 Å². The van der Waals surface area contributed by atoms with E-state index in [9.17, 15) is 10.1 Å². The summed E-state index contributed by atoms with van der Waals surface area (Å²) in [6.45, 7) is 2.24. The van der Waals surface area contributed by atoms with Crippen molar-refractivity contribution in [1.82, 2.24) is 0 Å². The van der Waals surface area contributed by atoms with Crippen molar-refractivity contribution in [2.75, 3.05) is 5.32 Å². The Kier molecular flexibility index (Phi) is 4.11. The molecule has 0 amide bonds. The number of anilines is 1. The van der Waals surface area contributed by atoms with E-state index in [4.69, 9.17) is 16.0 Å². The summed E-state index contributed by atoms with van der Waals surface area (Å²) in [4.78, 5) is 10.3. The van der Waals surface area contributed by atoms with Crippen LogP contribution in [0.1, 0.15) is 11.3 Å². The third kappa shape index (κ3) is 3.08. The summed E-state index contributed by atoms with van der Waals surface area (Å²) < 4.78 is 6.13. The summed E-state index contributed by atoms with van der Waals surface area (Å²) >= 11 is 9.23. The Labute approximate surface area is 122 Å². The summed E-state index contributed by atoms with van der Waals surface area (Å²) in [7, 11) is 0. The molecule has 1 heterocycles. The minimum atomic E-state index is -0.498. The van der Waals surface area contributed by atoms with Crippen LogP contribution in [0.25, 0.3) is 0 Å². The number of hydrogen-bond donors (Lipinski definition) is 1. The van der Waals surface area contributed by atoms with Gasteiger partial charge in [0.05, 0.1) is 22.2 Å². The normalized spacial score (nSPS) is 10.5. The van der Waals surface area contributed by atoms with E-state index in [1.807, 2.05) is 0 Å². The lowest BCUT2D eigenvalue weighted by atomic mass is 10.1. The molecule has 0 saturated heterocycles. The topological polar surface area (TPSA) is 68.3 Å². The highest BCUT2D eigenvalue weighted by molar-refractivity contribution is 9.10. The van der Waals surface area contributed by atoms with Gasteiger partial charge in [-0.3, -0.25) is 10.1 Å². The lowest BCUT2D eigenvalue weighted by Gasteiger charge is -2.09. The number of benzene rings is 1. The van der Waals surface area contributed by atoms with E-state index >= 15 is 0 Å². The maximum absolute atomic E-state index is 10.8.